The van der Waals surface area contributed by atoms with Crippen LogP contribution >= 0.6 is 24.0 Å². The molecule has 0 atom stereocenters. The number of hydrogen-bond donors (Lipinski definition) is 1. The highest BCUT2D eigenvalue weighted by Gasteiger charge is 2.33. The lowest BCUT2D eigenvalue weighted by molar-refractivity contribution is -0.138. The Labute approximate surface area is 97.0 Å². The third kappa shape index (κ3) is 3.55. The molecule has 0 unspecified atom stereocenters. The normalized spacial score (nSPS) is 11.0. The number of nitrogens with one attached hydrogen (secondary N) is 1. The molecule has 0 saturated carbocycles. The molecule has 1 aromatic carbocycles. The van der Waals surface area contributed by atoms with Crippen LogP contribution in [0.15, 0.2) is 18.2 Å². The van der Waals surface area contributed by atoms with Gasteiger partial charge < -0.3 is 5.32 Å². The molecular weight excluding hydrogens is 250 g/mol. The van der Waals surface area contributed by atoms with E-state index in [1.807, 2.05) is 0 Å². The van der Waals surface area contributed by atoms with Crippen LogP contribution in [0, 0.1) is 0 Å². The van der Waals surface area contributed by atoms with Gasteiger partial charge in [0.25, 0.3) is 0 Å². The van der Waals surface area contributed by atoms with E-state index < -0.39 is 11.7 Å². The lowest BCUT2D eigenvalue weighted by atomic mass is 10.1. The molecule has 0 heterocycles. The van der Waals surface area contributed by atoms with Gasteiger partial charge in [-0.15, -0.1) is 12.4 Å². The van der Waals surface area contributed by atoms with Crippen LogP contribution in [0.3, 0.4) is 0 Å². The van der Waals surface area contributed by atoms with Gasteiger partial charge in [-0.2, -0.15) is 13.2 Å². The van der Waals surface area contributed by atoms with Crippen LogP contribution < -0.4 is 5.32 Å². The van der Waals surface area contributed by atoms with E-state index in [0.29, 0.717) is 0 Å². The van der Waals surface area contributed by atoms with Crippen molar-refractivity contribution in [3.63, 3.8) is 0 Å². The van der Waals surface area contributed by atoms with Gasteiger partial charge in [0.15, 0.2) is 0 Å². The molecule has 15 heavy (non-hydrogen) atoms. The van der Waals surface area contributed by atoms with Crippen molar-refractivity contribution in [1.82, 2.24) is 5.32 Å². The summed E-state index contributed by atoms with van der Waals surface area (Å²) in [6.45, 7) is 0.106. The Morgan fingerprint density at radius 3 is 2.40 bits per heavy atom. The first-order valence-corrected chi connectivity index (χ1v) is 4.34. The van der Waals surface area contributed by atoms with E-state index in [4.69, 9.17) is 11.6 Å². The maximum atomic E-state index is 12.5. The van der Waals surface area contributed by atoms with Crippen LogP contribution in [0.4, 0.5) is 13.2 Å². The molecule has 0 amide bonds. The highest BCUT2D eigenvalue weighted by molar-refractivity contribution is 6.31. The minimum absolute atomic E-state index is 0. The Kier molecular flexibility index (Phi) is 5.42. The summed E-state index contributed by atoms with van der Waals surface area (Å²) in [7, 11) is 1.57. The molecule has 0 bridgehead atoms. The first-order valence-electron chi connectivity index (χ1n) is 3.96. The molecule has 0 saturated heterocycles. The van der Waals surface area contributed by atoms with Gasteiger partial charge in [0, 0.05) is 11.6 Å². The fourth-order valence-corrected chi connectivity index (χ4v) is 1.42. The first-order chi connectivity index (χ1) is 6.46. The lowest BCUT2D eigenvalue weighted by Gasteiger charge is -2.13. The van der Waals surface area contributed by atoms with Gasteiger partial charge in [-0.3, -0.25) is 0 Å². The van der Waals surface area contributed by atoms with E-state index in [1.54, 1.807) is 7.05 Å². The largest absolute Gasteiger partial charge is 0.416 e. The highest BCUT2D eigenvalue weighted by atomic mass is 35.5. The maximum Gasteiger partial charge on any atom is 0.416 e. The Morgan fingerprint density at radius 2 is 1.93 bits per heavy atom. The Balaban J connectivity index is 0.00000196. The summed E-state index contributed by atoms with van der Waals surface area (Å²) in [5.41, 5.74) is -0.594. The van der Waals surface area contributed by atoms with E-state index in [2.05, 4.69) is 5.32 Å². The van der Waals surface area contributed by atoms with Gasteiger partial charge in [0.1, 0.15) is 0 Å². The molecular formula is C9H10Cl2F3N. The van der Waals surface area contributed by atoms with E-state index in [0.717, 1.165) is 6.07 Å². The maximum absolute atomic E-state index is 12.5. The molecule has 0 aliphatic heterocycles. The summed E-state index contributed by atoms with van der Waals surface area (Å²) in [6.07, 6.45) is -4.35. The summed E-state index contributed by atoms with van der Waals surface area (Å²) < 4.78 is 37.4. The second kappa shape index (κ2) is 5.58. The van der Waals surface area contributed by atoms with Crippen molar-refractivity contribution in [2.45, 2.75) is 12.7 Å². The monoisotopic (exact) mass is 259 g/mol. The Morgan fingerprint density at radius 1 is 1.33 bits per heavy atom. The number of benzene rings is 1. The summed E-state index contributed by atoms with van der Waals surface area (Å²) in [6, 6.07) is 3.77. The van der Waals surface area contributed by atoms with E-state index in [-0.39, 0.29) is 29.5 Å². The van der Waals surface area contributed by atoms with Crippen LogP contribution in [0.5, 0.6) is 0 Å². The molecule has 1 aromatic rings. The zero-order valence-electron chi connectivity index (χ0n) is 7.86. The second-order valence-electron chi connectivity index (χ2n) is 2.79. The summed E-state index contributed by atoms with van der Waals surface area (Å²) >= 11 is 5.67. The van der Waals surface area contributed by atoms with Crippen LogP contribution in [-0.2, 0) is 12.7 Å². The molecule has 1 nitrogen and oxygen atoms in total. The second-order valence-corrected chi connectivity index (χ2v) is 3.20. The van der Waals surface area contributed by atoms with Gasteiger partial charge in [0.2, 0.25) is 0 Å². The lowest BCUT2D eigenvalue weighted by Crippen LogP contribution is -2.14. The van der Waals surface area contributed by atoms with Crippen LogP contribution in [0.1, 0.15) is 11.1 Å². The quantitative estimate of drug-likeness (QED) is 0.858. The minimum atomic E-state index is -4.35. The standard InChI is InChI=1S/C9H9ClF3N.ClH/c1-14-5-6-7(9(11,12)13)3-2-4-8(6)10;/h2-4,14H,5H2,1H3;1H. The molecule has 6 heteroatoms. The van der Waals surface area contributed by atoms with E-state index in [1.165, 1.54) is 12.1 Å². The van der Waals surface area contributed by atoms with E-state index >= 15 is 0 Å². The summed E-state index contributed by atoms with van der Waals surface area (Å²) in [4.78, 5) is 0. The van der Waals surface area contributed by atoms with Gasteiger partial charge in [0.05, 0.1) is 5.56 Å². The Bertz CT molecular complexity index is 326. The summed E-state index contributed by atoms with van der Waals surface area (Å²) in [5.74, 6) is 0. The molecule has 0 spiro atoms. The topological polar surface area (TPSA) is 12.0 Å². The number of halogens is 5. The predicted octanol–water partition coefficient (Wildman–Crippen LogP) is 3.50. The van der Waals surface area contributed by atoms with Crippen molar-refractivity contribution in [3.8, 4) is 0 Å². The number of rotatable bonds is 2. The number of alkyl halides is 3. The Hall–Kier alpha value is -0.450. The molecule has 1 rings (SSSR count). The number of hydrogen-bond acceptors (Lipinski definition) is 1. The van der Waals surface area contributed by atoms with Crippen LogP contribution in [0.25, 0.3) is 0 Å². The SMILES string of the molecule is CNCc1c(Cl)cccc1C(F)(F)F.Cl. The van der Waals surface area contributed by atoms with Crippen molar-refractivity contribution >= 4 is 24.0 Å². The van der Waals surface area contributed by atoms with Crippen LogP contribution in [0.2, 0.25) is 5.02 Å². The van der Waals surface area contributed by atoms with Crippen molar-refractivity contribution in [3.05, 3.63) is 34.3 Å². The zero-order chi connectivity index (χ0) is 10.8. The average molecular weight is 260 g/mol. The first kappa shape index (κ1) is 14.5. The van der Waals surface area contributed by atoms with Gasteiger partial charge in [-0.1, -0.05) is 17.7 Å². The summed E-state index contributed by atoms with van der Waals surface area (Å²) in [5, 5.41) is 2.79. The van der Waals surface area contributed by atoms with Crippen molar-refractivity contribution < 1.29 is 13.2 Å². The molecule has 0 aliphatic rings. The van der Waals surface area contributed by atoms with Gasteiger partial charge in [-0.25, -0.2) is 0 Å². The molecule has 86 valence electrons. The molecule has 0 aromatic heterocycles. The molecule has 0 fully saturated rings. The molecule has 0 aliphatic carbocycles. The van der Waals surface area contributed by atoms with Crippen molar-refractivity contribution in [2.24, 2.45) is 0 Å². The van der Waals surface area contributed by atoms with Crippen molar-refractivity contribution in [1.29, 1.82) is 0 Å². The third-order valence-electron chi connectivity index (χ3n) is 1.78. The zero-order valence-corrected chi connectivity index (χ0v) is 9.43. The predicted molar refractivity (Wildman–Crippen MR) is 56.5 cm³/mol. The minimum Gasteiger partial charge on any atom is -0.316 e. The average Bonchev–Trinajstić information content (AvgIpc) is 2.07. The smallest absolute Gasteiger partial charge is 0.316 e. The molecule has 0 radical (unpaired) electrons. The van der Waals surface area contributed by atoms with Gasteiger partial charge >= 0.3 is 6.18 Å². The third-order valence-corrected chi connectivity index (χ3v) is 2.13. The van der Waals surface area contributed by atoms with Gasteiger partial charge in [-0.05, 0) is 24.7 Å². The molecule has 1 N–H and O–H groups in total. The fraction of sp³-hybridized carbons (Fsp3) is 0.333. The fourth-order valence-electron chi connectivity index (χ4n) is 1.18. The van der Waals surface area contributed by atoms with E-state index in [9.17, 15) is 13.2 Å². The van der Waals surface area contributed by atoms with Crippen LogP contribution in [-0.4, -0.2) is 7.05 Å². The highest BCUT2D eigenvalue weighted by Crippen LogP contribution is 2.34. The van der Waals surface area contributed by atoms with Crippen molar-refractivity contribution in [2.75, 3.05) is 7.05 Å².